The van der Waals surface area contributed by atoms with Crippen molar-refractivity contribution in [3.63, 3.8) is 0 Å². The third kappa shape index (κ3) is 3.98. The Kier molecular flexibility index (Phi) is 6.14. The molecule has 0 unspecified atom stereocenters. The molecule has 0 bridgehead atoms. The van der Waals surface area contributed by atoms with Crippen molar-refractivity contribution in [2.45, 2.75) is 58.5 Å². The Labute approximate surface area is 183 Å². The summed E-state index contributed by atoms with van der Waals surface area (Å²) in [5.41, 5.74) is 2.82. The molecule has 1 fully saturated rings. The molecule has 1 heterocycles. The summed E-state index contributed by atoms with van der Waals surface area (Å²) in [4.78, 5) is 13.4. The van der Waals surface area contributed by atoms with Gasteiger partial charge in [-0.2, -0.15) is 5.10 Å². The summed E-state index contributed by atoms with van der Waals surface area (Å²) in [5, 5.41) is 9.91. The van der Waals surface area contributed by atoms with Gasteiger partial charge in [0.15, 0.2) is 0 Å². The van der Waals surface area contributed by atoms with Gasteiger partial charge in [0.2, 0.25) is 5.91 Å². The van der Waals surface area contributed by atoms with Crippen molar-refractivity contribution in [1.29, 1.82) is 0 Å². The van der Waals surface area contributed by atoms with E-state index in [1.807, 2.05) is 60.1 Å². The Hall–Kier alpha value is -2.33. The molecular formula is C25H30ClN3O. The zero-order chi connectivity index (χ0) is 21.3. The maximum atomic E-state index is 13.4. The fraction of sp³-hybridized carbons (Fsp3) is 0.440. The number of halogens is 1. The smallest absolute Gasteiger partial charge is 0.245 e. The third-order valence-corrected chi connectivity index (χ3v) is 6.97. The van der Waals surface area contributed by atoms with E-state index in [1.54, 1.807) is 0 Å². The lowest BCUT2D eigenvalue weighted by Crippen LogP contribution is -2.46. The highest BCUT2D eigenvalue weighted by molar-refractivity contribution is 6.31. The molecule has 1 N–H and O–H groups in total. The minimum absolute atomic E-state index is 0.0578. The van der Waals surface area contributed by atoms with E-state index < -0.39 is 0 Å². The number of carbonyl (C=O) groups excluding carboxylic acids is 1. The van der Waals surface area contributed by atoms with Crippen LogP contribution in [0.1, 0.15) is 52.5 Å². The summed E-state index contributed by atoms with van der Waals surface area (Å²) in [7, 11) is 0. The molecule has 1 aliphatic rings. The fourth-order valence-corrected chi connectivity index (χ4v) is 4.87. The van der Waals surface area contributed by atoms with E-state index in [9.17, 15) is 4.79 Å². The average Bonchev–Trinajstić information content (AvgIpc) is 3.11. The van der Waals surface area contributed by atoms with Crippen LogP contribution in [0.4, 0.5) is 0 Å². The van der Waals surface area contributed by atoms with Crippen LogP contribution in [0.3, 0.4) is 0 Å². The Morgan fingerprint density at radius 2 is 1.97 bits per heavy atom. The summed E-state index contributed by atoms with van der Waals surface area (Å²) in [6.45, 7) is 6.59. The maximum absolute atomic E-state index is 13.4. The lowest BCUT2D eigenvalue weighted by atomic mass is 9.78. The second-order valence-corrected chi connectivity index (χ2v) is 9.06. The Morgan fingerprint density at radius 1 is 1.20 bits per heavy atom. The molecule has 1 amide bonds. The zero-order valence-corrected chi connectivity index (χ0v) is 18.7. The van der Waals surface area contributed by atoms with Gasteiger partial charge in [-0.25, -0.2) is 0 Å². The molecule has 0 aliphatic heterocycles. The van der Waals surface area contributed by atoms with Crippen LogP contribution in [0.25, 0.3) is 22.2 Å². The van der Waals surface area contributed by atoms with Crippen LogP contribution in [0.5, 0.6) is 0 Å². The summed E-state index contributed by atoms with van der Waals surface area (Å²) in [6, 6.07) is 15.7. The van der Waals surface area contributed by atoms with Crippen LogP contribution in [0.2, 0.25) is 5.02 Å². The molecule has 1 saturated carbocycles. The van der Waals surface area contributed by atoms with Crippen molar-refractivity contribution in [2.75, 3.05) is 0 Å². The van der Waals surface area contributed by atoms with Crippen LogP contribution < -0.4 is 5.32 Å². The Bertz CT molecular complexity index is 1030. The van der Waals surface area contributed by atoms with Gasteiger partial charge in [-0.1, -0.05) is 75.5 Å². The summed E-state index contributed by atoms with van der Waals surface area (Å²) in [6.07, 6.45) is 4.15. The first-order valence-electron chi connectivity index (χ1n) is 11.0. The molecule has 2 aromatic carbocycles. The minimum atomic E-state index is -0.351. The van der Waals surface area contributed by atoms with E-state index in [2.05, 4.69) is 19.2 Å². The number of amides is 1. The molecule has 1 aliphatic carbocycles. The van der Waals surface area contributed by atoms with Gasteiger partial charge in [-0.05, 0) is 42.9 Å². The van der Waals surface area contributed by atoms with Gasteiger partial charge >= 0.3 is 0 Å². The van der Waals surface area contributed by atoms with Gasteiger partial charge < -0.3 is 5.32 Å². The van der Waals surface area contributed by atoms with Crippen molar-refractivity contribution >= 4 is 28.4 Å². The largest absolute Gasteiger partial charge is 0.351 e. The summed E-state index contributed by atoms with van der Waals surface area (Å²) < 4.78 is 1.89. The van der Waals surface area contributed by atoms with E-state index in [4.69, 9.17) is 16.7 Å². The highest BCUT2D eigenvalue weighted by atomic mass is 35.5. The lowest BCUT2D eigenvalue weighted by molar-refractivity contribution is -0.126. The molecule has 0 radical (unpaired) electrons. The second-order valence-electron chi connectivity index (χ2n) is 8.63. The first-order chi connectivity index (χ1) is 14.5. The lowest BCUT2D eigenvalue weighted by Gasteiger charge is -2.35. The normalized spacial score (nSPS) is 22.7. The highest BCUT2D eigenvalue weighted by Gasteiger charge is 2.31. The second kappa shape index (κ2) is 8.81. The molecule has 3 aromatic rings. The van der Waals surface area contributed by atoms with Gasteiger partial charge in [0, 0.05) is 22.0 Å². The van der Waals surface area contributed by atoms with E-state index in [0.717, 1.165) is 28.6 Å². The first-order valence-corrected chi connectivity index (χ1v) is 11.4. The molecule has 158 valence electrons. The standard InChI is InChI=1S/C25H30ClN3O/c1-4-22(25(30)27-21-12-8-9-16(2)17(21)3)29-23-14-13-19(26)15-20(23)24(28-29)18-10-6-5-7-11-18/h5-7,10-11,13-17,21-22H,4,8-9,12H2,1-3H3,(H,27,30)/t16-,17-,21+,22+/m0/s1. The van der Waals surface area contributed by atoms with Crippen LogP contribution in [0, 0.1) is 11.8 Å². The molecule has 0 saturated heterocycles. The molecule has 0 spiro atoms. The van der Waals surface area contributed by atoms with Crippen LogP contribution >= 0.6 is 11.6 Å². The number of carbonyl (C=O) groups is 1. The van der Waals surface area contributed by atoms with Gasteiger partial charge in [0.25, 0.3) is 0 Å². The zero-order valence-electron chi connectivity index (χ0n) is 17.9. The van der Waals surface area contributed by atoms with Gasteiger partial charge in [-0.3, -0.25) is 9.48 Å². The van der Waals surface area contributed by atoms with Crippen LogP contribution in [-0.4, -0.2) is 21.7 Å². The maximum Gasteiger partial charge on any atom is 0.245 e. The van der Waals surface area contributed by atoms with Crippen molar-refractivity contribution in [3.8, 4) is 11.3 Å². The van der Waals surface area contributed by atoms with Crippen LogP contribution in [0.15, 0.2) is 48.5 Å². The monoisotopic (exact) mass is 423 g/mol. The SMILES string of the molecule is CC[C@H](C(=O)N[C@@H]1CCC[C@H](C)[C@@H]1C)n1nc(-c2ccccc2)c2cc(Cl)ccc21. The predicted molar refractivity (Wildman–Crippen MR) is 124 cm³/mol. The summed E-state index contributed by atoms with van der Waals surface area (Å²) in [5.74, 6) is 1.19. The molecule has 1 aromatic heterocycles. The van der Waals surface area contributed by atoms with E-state index in [0.29, 0.717) is 23.3 Å². The number of hydrogen-bond acceptors (Lipinski definition) is 2. The number of nitrogens with one attached hydrogen (secondary N) is 1. The molecule has 4 nitrogen and oxygen atoms in total. The van der Waals surface area contributed by atoms with E-state index in [-0.39, 0.29) is 18.0 Å². The summed E-state index contributed by atoms with van der Waals surface area (Å²) >= 11 is 6.31. The van der Waals surface area contributed by atoms with E-state index >= 15 is 0 Å². The molecule has 4 rings (SSSR count). The van der Waals surface area contributed by atoms with Crippen molar-refractivity contribution in [1.82, 2.24) is 15.1 Å². The quantitative estimate of drug-likeness (QED) is 0.527. The Balaban J connectivity index is 1.71. The van der Waals surface area contributed by atoms with Crippen molar-refractivity contribution in [2.24, 2.45) is 11.8 Å². The molecule has 4 atom stereocenters. The average molecular weight is 424 g/mol. The van der Waals surface area contributed by atoms with Crippen molar-refractivity contribution < 1.29 is 4.79 Å². The highest BCUT2D eigenvalue weighted by Crippen LogP contribution is 2.33. The topological polar surface area (TPSA) is 46.9 Å². The predicted octanol–water partition coefficient (Wildman–Crippen LogP) is 6.25. The van der Waals surface area contributed by atoms with Gasteiger partial charge in [-0.15, -0.1) is 0 Å². The molecular weight excluding hydrogens is 394 g/mol. The number of hydrogen-bond donors (Lipinski definition) is 1. The number of rotatable bonds is 5. The number of nitrogens with zero attached hydrogens (tertiary/aromatic N) is 2. The van der Waals surface area contributed by atoms with Gasteiger partial charge in [0.05, 0.1) is 5.52 Å². The van der Waals surface area contributed by atoms with Crippen molar-refractivity contribution in [3.05, 3.63) is 53.6 Å². The Morgan fingerprint density at radius 3 is 2.70 bits per heavy atom. The third-order valence-electron chi connectivity index (χ3n) is 6.73. The number of aromatic nitrogens is 2. The van der Waals surface area contributed by atoms with Crippen LogP contribution in [-0.2, 0) is 4.79 Å². The minimum Gasteiger partial charge on any atom is -0.351 e. The first kappa shape index (κ1) is 20.9. The molecule has 5 heteroatoms. The van der Waals surface area contributed by atoms with E-state index in [1.165, 1.54) is 12.8 Å². The molecule has 30 heavy (non-hydrogen) atoms. The van der Waals surface area contributed by atoms with Gasteiger partial charge in [0.1, 0.15) is 11.7 Å². The fourth-order valence-electron chi connectivity index (χ4n) is 4.69. The number of benzene rings is 2. The number of fused-ring (bicyclic) bond motifs is 1.